The zero-order chi connectivity index (χ0) is 17.3. The summed E-state index contributed by atoms with van der Waals surface area (Å²) in [5, 5.41) is 5.25. The van der Waals surface area contributed by atoms with E-state index in [0.717, 1.165) is 17.6 Å². The van der Waals surface area contributed by atoms with Gasteiger partial charge in [0.1, 0.15) is 5.82 Å². The molecule has 0 aliphatic carbocycles. The van der Waals surface area contributed by atoms with Crippen LogP contribution in [0.3, 0.4) is 0 Å². The predicted octanol–water partition coefficient (Wildman–Crippen LogP) is 4.21. The highest BCUT2D eigenvalue weighted by Crippen LogP contribution is 2.36. The van der Waals surface area contributed by atoms with E-state index in [2.05, 4.69) is 15.5 Å². The number of rotatable bonds is 3. The molecule has 124 valence electrons. The van der Waals surface area contributed by atoms with Gasteiger partial charge in [0.05, 0.1) is 17.3 Å². The number of benzene rings is 1. The van der Waals surface area contributed by atoms with E-state index < -0.39 is 29.0 Å². The first-order valence-corrected chi connectivity index (χ1v) is 6.74. The number of nitrogens with two attached hydrogens (primary N) is 1. The van der Waals surface area contributed by atoms with Crippen molar-refractivity contribution in [2.75, 3.05) is 11.2 Å². The van der Waals surface area contributed by atoms with Crippen molar-refractivity contribution in [2.24, 2.45) is 5.10 Å². The van der Waals surface area contributed by atoms with E-state index in [-0.39, 0.29) is 17.0 Å². The number of nitrogens with one attached hydrogen (secondary N) is 1. The summed E-state index contributed by atoms with van der Waals surface area (Å²) in [6.45, 7) is 0. The average molecular weight is 354 g/mol. The number of hydrogen-bond donors (Lipinski definition) is 2. The number of nitrogens with zero attached hydrogens (tertiary/aromatic N) is 2. The first-order chi connectivity index (χ1) is 10.6. The number of halogens is 6. The van der Waals surface area contributed by atoms with Gasteiger partial charge in [-0.05, 0) is 12.1 Å². The van der Waals surface area contributed by atoms with Crippen LogP contribution in [0.25, 0.3) is 0 Å². The fourth-order valence-corrected chi connectivity index (χ4v) is 2.13. The summed E-state index contributed by atoms with van der Waals surface area (Å²) in [6, 6.07) is 1.30. The van der Waals surface area contributed by atoms with Crippen LogP contribution in [0.5, 0.6) is 0 Å². The van der Waals surface area contributed by atoms with E-state index in [9.17, 15) is 26.3 Å². The third-order valence-electron chi connectivity index (χ3n) is 2.57. The second-order valence-corrected chi connectivity index (χ2v) is 5.10. The standard InChI is InChI=1S/C12H8F6N4S/c13-11(14,15)7-2-1-6(8(3-7)12(16,17)18)4-20-22-10-21-9(19)5-23-10/h1-5H,19H2,(H,21,22). The Morgan fingerprint density at radius 2 is 1.83 bits per heavy atom. The van der Waals surface area contributed by atoms with Crippen LogP contribution >= 0.6 is 11.3 Å². The minimum Gasteiger partial charge on any atom is -0.383 e. The zero-order valence-electron chi connectivity index (χ0n) is 11.0. The SMILES string of the molecule is Nc1csc(NN=Cc2ccc(C(F)(F)F)cc2C(F)(F)F)n1. The maximum atomic E-state index is 12.9. The molecule has 4 nitrogen and oxygen atoms in total. The van der Waals surface area contributed by atoms with Crippen molar-refractivity contribution in [3.8, 4) is 0 Å². The lowest BCUT2D eigenvalue weighted by Crippen LogP contribution is -2.13. The van der Waals surface area contributed by atoms with Gasteiger partial charge >= 0.3 is 12.4 Å². The first-order valence-electron chi connectivity index (χ1n) is 5.86. The summed E-state index contributed by atoms with van der Waals surface area (Å²) in [5.74, 6) is 0.207. The quantitative estimate of drug-likeness (QED) is 0.493. The lowest BCUT2D eigenvalue weighted by atomic mass is 10.0. The number of thiazole rings is 1. The molecule has 2 rings (SSSR count). The van der Waals surface area contributed by atoms with Crippen LogP contribution in [0.4, 0.5) is 37.3 Å². The summed E-state index contributed by atoms with van der Waals surface area (Å²) in [6.07, 6.45) is -9.05. The molecule has 0 bridgehead atoms. The molecule has 0 spiro atoms. The Balaban J connectivity index is 2.30. The molecule has 1 aromatic heterocycles. The van der Waals surface area contributed by atoms with Gasteiger partial charge in [0, 0.05) is 10.9 Å². The van der Waals surface area contributed by atoms with E-state index in [1.54, 1.807) is 0 Å². The molecule has 23 heavy (non-hydrogen) atoms. The van der Waals surface area contributed by atoms with Gasteiger partial charge in [0.2, 0.25) is 5.13 Å². The molecule has 0 radical (unpaired) electrons. The number of nitrogen functional groups attached to an aromatic ring is 1. The van der Waals surface area contributed by atoms with E-state index in [0.29, 0.717) is 12.1 Å². The molecule has 0 saturated heterocycles. The van der Waals surface area contributed by atoms with Crippen LogP contribution in [0.15, 0.2) is 28.7 Å². The monoisotopic (exact) mass is 354 g/mol. The lowest BCUT2D eigenvalue weighted by Gasteiger charge is -2.13. The molecule has 1 aromatic carbocycles. The molecule has 0 saturated carbocycles. The molecule has 0 aliphatic rings. The lowest BCUT2D eigenvalue weighted by molar-refractivity contribution is -0.143. The minimum absolute atomic E-state index is 0.0444. The predicted molar refractivity (Wildman–Crippen MR) is 74.2 cm³/mol. The Kier molecular flexibility index (Phi) is 4.50. The normalized spacial score (nSPS) is 12.8. The summed E-state index contributed by atoms with van der Waals surface area (Å²) in [7, 11) is 0. The molecule has 3 N–H and O–H groups in total. The summed E-state index contributed by atoms with van der Waals surface area (Å²) < 4.78 is 76.3. The molecule has 2 aromatic rings. The molecular formula is C12H8F6N4S. The summed E-state index contributed by atoms with van der Waals surface area (Å²) in [4.78, 5) is 3.76. The fraction of sp³-hybridized carbons (Fsp3) is 0.167. The maximum absolute atomic E-state index is 12.9. The van der Waals surface area contributed by atoms with Crippen molar-refractivity contribution < 1.29 is 26.3 Å². The number of alkyl halides is 6. The third-order valence-corrected chi connectivity index (χ3v) is 3.34. The van der Waals surface area contributed by atoms with Crippen molar-refractivity contribution in [1.82, 2.24) is 4.98 Å². The van der Waals surface area contributed by atoms with Gasteiger partial charge in [0.15, 0.2) is 0 Å². The highest BCUT2D eigenvalue weighted by atomic mass is 32.1. The zero-order valence-corrected chi connectivity index (χ0v) is 11.9. The minimum atomic E-state index is -4.95. The highest BCUT2D eigenvalue weighted by Gasteiger charge is 2.37. The molecule has 0 atom stereocenters. The second-order valence-electron chi connectivity index (χ2n) is 4.25. The average Bonchev–Trinajstić information content (AvgIpc) is 2.82. The number of hydrogen-bond acceptors (Lipinski definition) is 5. The Labute approximate surface area is 129 Å². The Morgan fingerprint density at radius 3 is 2.35 bits per heavy atom. The van der Waals surface area contributed by atoms with Crippen molar-refractivity contribution in [3.05, 3.63) is 40.3 Å². The Morgan fingerprint density at radius 1 is 1.13 bits per heavy atom. The highest BCUT2D eigenvalue weighted by molar-refractivity contribution is 7.14. The third kappa shape index (κ3) is 4.34. The maximum Gasteiger partial charge on any atom is 0.417 e. The van der Waals surface area contributed by atoms with Gasteiger partial charge < -0.3 is 5.73 Å². The molecular weight excluding hydrogens is 346 g/mol. The fourth-order valence-electron chi connectivity index (χ4n) is 1.59. The molecule has 0 amide bonds. The molecule has 0 unspecified atom stereocenters. The Bertz CT molecular complexity index is 719. The first kappa shape index (κ1) is 17.1. The van der Waals surface area contributed by atoms with Gasteiger partial charge in [-0.3, -0.25) is 5.43 Å². The van der Waals surface area contributed by atoms with Gasteiger partial charge in [-0.2, -0.15) is 31.4 Å². The van der Waals surface area contributed by atoms with Gasteiger partial charge in [0.25, 0.3) is 0 Å². The summed E-state index contributed by atoms with van der Waals surface area (Å²) in [5.41, 5.74) is 4.37. The van der Waals surface area contributed by atoms with Gasteiger partial charge in [-0.25, -0.2) is 4.98 Å². The Hall–Kier alpha value is -2.30. The molecule has 0 aliphatic heterocycles. The topological polar surface area (TPSA) is 63.3 Å². The van der Waals surface area contributed by atoms with Crippen molar-refractivity contribution in [1.29, 1.82) is 0 Å². The molecule has 1 heterocycles. The van der Waals surface area contributed by atoms with Crippen molar-refractivity contribution in [3.63, 3.8) is 0 Å². The van der Waals surface area contributed by atoms with Gasteiger partial charge in [-0.1, -0.05) is 6.07 Å². The van der Waals surface area contributed by atoms with Crippen LogP contribution in [0.1, 0.15) is 16.7 Å². The smallest absolute Gasteiger partial charge is 0.383 e. The number of hydrazone groups is 1. The van der Waals surface area contributed by atoms with Gasteiger partial charge in [-0.15, -0.1) is 11.3 Å². The molecule has 11 heteroatoms. The largest absolute Gasteiger partial charge is 0.417 e. The number of aromatic nitrogens is 1. The summed E-state index contributed by atoms with van der Waals surface area (Å²) >= 11 is 1.07. The van der Waals surface area contributed by atoms with Crippen LogP contribution < -0.4 is 11.2 Å². The van der Waals surface area contributed by atoms with Crippen molar-refractivity contribution in [2.45, 2.75) is 12.4 Å². The van der Waals surface area contributed by atoms with E-state index in [1.165, 1.54) is 5.38 Å². The molecule has 0 fully saturated rings. The van der Waals surface area contributed by atoms with Crippen LogP contribution in [-0.4, -0.2) is 11.2 Å². The number of anilines is 2. The van der Waals surface area contributed by atoms with Crippen LogP contribution in [0.2, 0.25) is 0 Å². The van der Waals surface area contributed by atoms with E-state index >= 15 is 0 Å². The van der Waals surface area contributed by atoms with Crippen LogP contribution in [-0.2, 0) is 12.4 Å². The van der Waals surface area contributed by atoms with Crippen molar-refractivity contribution >= 4 is 28.5 Å². The second kappa shape index (κ2) is 6.07. The van der Waals surface area contributed by atoms with E-state index in [4.69, 9.17) is 5.73 Å². The van der Waals surface area contributed by atoms with Crippen LogP contribution in [0, 0.1) is 0 Å². The van der Waals surface area contributed by atoms with E-state index in [1.807, 2.05) is 0 Å².